The Labute approximate surface area is 234 Å². The van der Waals surface area contributed by atoms with Gasteiger partial charge in [-0.25, -0.2) is 8.42 Å². The van der Waals surface area contributed by atoms with E-state index in [1.807, 2.05) is 0 Å². The van der Waals surface area contributed by atoms with Gasteiger partial charge in [0.05, 0.1) is 23.0 Å². The molecule has 9 nitrogen and oxygen atoms in total. The van der Waals surface area contributed by atoms with E-state index in [1.54, 1.807) is 6.92 Å². The van der Waals surface area contributed by atoms with E-state index in [4.69, 9.17) is 0 Å². The monoisotopic (exact) mass is 611 g/mol. The Balaban J connectivity index is 1.89. The highest BCUT2D eigenvalue weighted by Gasteiger charge is 2.44. The van der Waals surface area contributed by atoms with Gasteiger partial charge in [-0.3, -0.25) is 9.48 Å². The number of hydrogen-bond donors (Lipinski definition) is 3. The molecule has 1 unspecified atom stereocenters. The number of nitrogens with zero attached hydrogens (tertiary/aromatic N) is 2. The first-order valence-corrected chi connectivity index (χ1v) is 14.9. The van der Waals surface area contributed by atoms with Gasteiger partial charge in [-0.05, 0) is 57.2 Å². The van der Waals surface area contributed by atoms with Gasteiger partial charge in [0.1, 0.15) is 21.2 Å². The van der Waals surface area contributed by atoms with Gasteiger partial charge < -0.3 is 20.3 Å². The zero-order valence-electron chi connectivity index (χ0n) is 23.0. The Hall–Kier alpha value is -2.78. The zero-order valence-corrected chi connectivity index (χ0v) is 23.8. The van der Waals surface area contributed by atoms with Crippen LogP contribution in [0.3, 0.4) is 0 Å². The number of aliphatic hydroxyl groups is 2. The van der Waals surface area contributed by atoms with E-state index in [9.17, 15) is 45.4 Å². The lowest BCUT2D eigenvalue weighted by atomic mass is 9.82. The molecule has 1 saturated carbocycles. The number of nitrogens with one attached hydrogen (secondary N) is 1. The Morgan fingerprint density at radius 3 is 2.51 bits per heavy atom. The number of halogens is 5. The van der Waals surface area contributed by atoms with E-state index in [-0.39, 0.29) is 59.6 Å². The van der Waals surface area contributed by atoms with Crippen LogP contribution >= 0.6 is 0 Å². The molecule has 1 aliphatic carbocycles. The molecule has 0 saturated heterocycles. The summed E-state index contributed by atoms with van der Waals surface area (Å²) < 4.78 is 95.4. The van der Waals surface area contributed by atoms with Crippen LogP contribution in [-0.2, 0) is 22.8 Å². The first kappa shape index (κ1) is 32.7. The summed E-state index contributed by atoms with van der Waals surface area (Å²) in [5.74, 6) is -2.84. The van der Waals surface area contributed by atoms with Gasteiger partial charge in [0.2, 0.25) is 0 Å². The molecule has 1 heterocycles. The molecule has 0 aliphatic heterocycles. The summed E-state index contributed by atoms with van der Waals surface area (Å²) in [4.78, 5) is 13.1. The molecular weight excluding hydrogens is 577 g/mol. The topological polar surface area (TPSA) is 131 Å². The average molecular weight is 612 g/mol. The summed E-state index contributed by atoms with van der Waals surface area (Å²) in [6.45, 7) is 0.702. The second-order valence-electron chi connectivity index (χ2n) is 10.5. The van der Waals surface area contributed by atoms with Crippen molar-refractivity contribution in [3.8, 4) is 17.0 Å². The number of hydrogen-bond acceptors (Lipinski definition) is 7. The molecule has 1 aliphatic rings. The minimum Gasteiger partial charge on any atom is -0.434 e. The Kier molecular flexibility index (Phi) is 9.75. The molecule has 1 amide bonds. The van der Waals surface area contributed by atoms with E-state index in [0.29, 0.717) is 0 Å². The van der Waals surface area contributed by atoms with Crippen LogP contribution in [0.1, 0.15) is 54.7 Å². The molecule has 4 atom stereocenters. The lowest BCUT2D eigenvalue weighted by molar-refractivity contribution is -0.169. The summed E-state index contributed by atoms with van der Waals surface area (Å²) in [6, 6.07) is 3.82. The second kappa shape index (κ2) is 12.2. The van der Waals surface area contributed by atoms with Crippen molar-refractivity contribution >= 4 is 15.7 Å². The Morgan fingerprint density at radius 2 is 1.98 bits per heavy atom. The molecule has 0 radical (unpaired) electrons. The van der Waals surface area contributed by atoms with Crippen LogP contribution in [0.5, 0.6) is 5.75 Å². The van der Waals surface area contributed by atoms with Crippen LogP contribution in [0, 0.1) is 12.8 Å². The van der Waals surface area contributed by atoms with Crippen molar-refractivity contribution in [1.29, 1.82) is 0 Å². The third kappa shape index (κ3) is 7.55. The summed E-state index contributed by atoms with van der Waals surface area (Å²) >= 11 is 0. The van der Waals surface area contributed by atoms with Crippen LogP contribution < -0.4 is 10.1 Å². The molecular formula is C26H34F5N3O6S. The molecule has 41 heavy (non-hydrogen) atoms. The van der Waals surface area contributed by atoms with Crippen LogP contribution in [-0.4, -0.2) is 76.9 Å². The number of benzene rings is 1. The van der Waals surface area contributed by atoms with Crippen molar-refractivity contribution in [2.24, 2.45) is 5.92 Å². The first-order valence-electron chi connectivity index (χ1n) is 13.0. The fourth-order valence-electron chi connectivity index (χ4n) is 4.97. The molecule has 3 N–H and O–H groups in total. The van der Waals surface area contributed by atoms with Crippen LogP contribution in [0.15, 0.2) is 18.2 Å². The molecule has 2 aromatic rings. The van der Waals surface area contributed by atoms with Crippen LogP contribution in [0.2, 0.25) is 0 Å². The minimum absolute atomic E-state index is 0.0759. The van der Waals surface area contributed by atoms with E-state index in [0.717, 1.165) is 19.2 Å². The van der Waals surface area contributed by atoms with Gasteiger partial charge in [0.15, 0.2) is 5.69 Å². The summed E-state index contributed by atoms with van der Waals surface area (Å²) in [5, 5.41) is 27.3. The fourth-order valence-corrected chi connectivity index (χ4v) is 6.04. The van der Waals surface area contributed by atoms with Crippen molar-refractivity contribution in [1.82, 2.24) is 15.1 Å². The van der Waals surface area contributed by atoms with Crippen molar-refractivity contribution in [3.05, 3.63) is 35.0 Å². The summed E-state index contributed by atoms with van der Waals surface area (Å²) in [5.41, 5.74) is -1.17. The number of carbonyl (C=O) groups excluding carboxylic acids is 1. The van der Waals surface area contributed by atoms with Gasteiger partial charge in [-0.15, -0.1) is 0 Å². The molecule has 15 heteroatoms. The highest BCUT2D eigenvalue weighted by molar-refractivity contribution is 7.91. The van der Waals surface area contributed by atoms with Gasteiger partial charge in [0.25, 0.3) is 5.91 Å². The van der Waals surface area contributed by atoms with E-state index in [1.165, 1.54) is 23.7 Å². The highest BCUT2D eigenvalue weighted by atomic mass is 32.2. The molecule has 1 aromatic heterocycles. The van der Waals surface area contributed by atoms with E-state index >= 15 is 0 Å². The normalized spacial score (nSPS) is 22.5. The van der Waals surface area contributed by atoms with Crippen LogP contribution in [0.4, 0.5) is 22.0 Å². The Morgan fingerprint density at radius 1 is 1.32 bits per heavy atom. The van der Waals surface area contributed by atoms with Gasteiger partial charge >= 0.3 is 12.8 Å². The minimum atomic E-state index is -4.47. The predicted octanol–water partition coefficient (Wildman–Crippen LogP) is 3.64. The number of carbonyl (C=O) groups is 1. The van der Waals surface area contributed by atoms with E-state index in [2.05, 4.69) is 15.2 Å². The maximum Gasteiger partial charge on any atom is 0.391 e. The molecule has 3 rings (SSSR count). The predicted molar refractivity (Wildman–Crippen MR) is 139 cm³/mol. The quantitative estimate of drug-likeness (QED) is 0.350. The molecule has 0 spiro atoms. The average Bonchev–Trinajstić information content (AvgIpc) is 3.19. The van der Waals surface area contributed by atoms with Gasteiger partial charge in [-0.2, -0.15) is 27.1 Å². The number of rotatable bonds is 10. The number of aryl methyl sites for hydroxylation is 1. The summed E-state index contributed by atoms with van der Waals surface area (Å²) in [7, 11) is -3.43. The summed E-state index contributed by atoms with van der Waals surface area (Å²) in [6.07, 6.45) is -5.46. The highest BCUT2D eigenvalue weighted by Crippen LogP contribution is 2.37. The standard InChI is InChI=1S/C26H34F5N3O6S/c1-5-34-22(18-7-6-16(10-14(2)26(29,30)31)11-19(18)40-24(27)28)15(3)21(33-34)23(36)32-13-25(37)9-8-17(12-20(25)35)41(4,38)39/h6-7,11,14,17,20,24,35,37H,5,8-10,12-13H2,1-4H3,(H,32,36)/t14?,17-,20-,25-/m1/s1. The third-order valence-corrected chi connectivity index (χ3v) is 9.13. The maximum absolute atomic E-state index is 13.3. The zero-order chi connectivity index (χ0) is 30.9. The SMILES string of the molecule is CCn1nc(C(=O)NC[C@]2(O)CC[C@@H](S(C)(=O)=O)C[C@H]2O)c(C)c1-c1ccc(CC(C)C(F)(F)F)cc1OC(F)F. The number of aromatic nitrogens is 2. The van der Waals surface area contributed by atoms with Crippen molar-refractivity contribution in [2.45, 2.75) is 82.7 Å². The van der Waals surface area contributed by atoms with Crippen LogP contribution in [0.25, 0.3) is 11.3 Å². The second-order valence-corrected chi connectivity index (χ2v) is 12.8. The number of amides is 1. The Bertz CT molecular complexity index is 1360. The van der Waals surface area contributed by atoms with Crippen molar-refractivity contribution in [3.63, 3.8) is 0 Å². The number of ether oxygens (including phenoxy) is 1. The number of aliphatic hydroxyl groups excluding tert-OH is 1. The molecule has 230 valence electrons. The van der Waals surface area contributed by atoms with Gasteiger partial charge in [0, 0.05) is 30.5 Å². The van der Waals surface area contributed by atoms with Crippen molar-refractivity contribution < 1.29 is 50.1 Å². The smallest absolute Gasteiger partial charge is 0.391 e. The number of alkyl halides is 5. The van der Waals surface area contributed by atoms with E-state index < -0.39 is 64.4 Å². The lowest BCUT2D eigenvalue weighted by Gasteiger charge is -2.39. The fraction of sp³-hybridized carbons (Fsp3) is 0.615. The lowest BCUT2D eigenvalue weighted by Crippen LogP contribution is -2.56. The van der Waals surface area contributed by atoms with Gasteiger partial charge in [-0.1, -0.05) is 13.0 Å². The largest absolute Gasteiger partial charge is 0.434 e. The molecule has 0 bridgehead atoms. The molecule has 1 fully saturated rings. The molecule has 1 aromatic carbocycles. The third-order valence-electron chi connectivity index (χ3n) is 7.49. The van der Waals surface area contributed by atoms with Crippen molar-refractivity contribution in [2.75, 3.05) is 12.8 Å². The number of sulfone groups is 1. The maximum atomic E-state index is 13.3. The first-order chi connectivity index (χ1) is 18.9.